The molecule has 1 rings (SSSR count). The number of carbonyl (C=O) groups excluding carboxylic acids is 1. The van der Waals surface area contributed by atoms with Gasteiger partial charge in [0.1, 0.15) is 6.10 Å². The van der Waals surface area contributed by atoms with Crippen molar-refractivity contribution in [2.45, 2.75) is 39.4 Å². The van der Waals surface area contributed by atoms with E-state index in [1.807, 2.05) is 20.8 Å². The van der Waals surface area contributed by atoms with E-state index in [0.717, 1.165) is 5.57 Å². The Morgan fingerprint density at radius 2 is 2.15 bits per heavy atom. The van der Waals surface area contributed by atoms with Gasteiger partial charge in [0, 0.05) is 6.08 Å². The molecule has 0 aromatic heterocycles. The van der Waals surface area contributed by atoms with E-state index < -0.39 is 0 Å². The van der Waals surface area contributed by atoms with Crippen molar-refractivity contribution in [3.63, 3.8) is 0 Å². The molecule has 1 saturated heterocycles. The Morgan fingerprint density at radius 1 is 1.62 bits per heavy atom. The maximum atomic E-state index is 11.0. The topological polar surface area (TPSA) is 38.8 Å². The van der Waals surface area contributed by atoms with Gasteiger partial charge in [0.15, 0.2) is 0 Å². The second-order valence-electron chi connectivity index (χ2n) is 3.74. The Hall–Kier alpha value is -0.830. The minimum absolute atomic E-state index is 0.0805. The lowest BCUT2D eigenvalue weighted by Gasteiger charge is -1.98. The van der Waals surface area contributed by atoms with Crippen LogP contribution < -0.4 is 0 Å². The van der Waals surface area contributed by atoms with Gasteiger partial charge >= 0.3 is 5.97 Å². The fourth-order valence-corrected chi connectivity index (χ4v) is 1.36. The summed E-state index contributed by atoms with van der Waals surface area (Å²) in [6, 6.07) is 0. The lowest BCUT2D eigenvalue weighted by Crippen LogP contribution is -2.07. The van der Waals surface area contributed by atoms with Gasteiger partial charge in [-0.3, -0.25) is 0 Å². The summed E-state index contributed by atoms with van der Waals surface area (Å²) in [6.45, 7) is 8.09. The smallest absolute Gasteiger partial charge is 0.330 e. The van der Waals surface area contributed by atoms with Gasteiger partial charge in [-0.25, -0.2) is 4.79 Å². The predicted octanol–water partition coefficient (Wildman–Crippen LogP) is 1.67. The van der Waals surface area contributed by atoms with Crippen LogP contribution in [0.4, 0.5) is 0 Å². The average Bonchev–Trinajstić information content (AvgIpc) is 2.60. The summed E-state index contributed by atoms with van der Waals surface area (Å²) < 4.78 is 10.2. The summed E-state index contributed by atoms with van der Waals surface area (Å²) in [5, 5.41) is 0. The third-order valence-corrected chi connectivity index (χ3v) is 2.04. The number of ether oxygens (including phenoxy) is 2. The lowest BCUT2D eigenvalue weighted by atomic mass is 10.0. The van der Waals surface area contributed by atoms with Crippen LogP contribution in [-0.2, 0) is 14.3 Å². The van der Waals surface area contributed by atoms with E-state index in [9.17, 15) is 4.79 Å². The van der Waals surface area contributed by atoms with Crippen molar-refractivity contribution in [1.29, 1.82) is 0 Å². The maximum absolute atomic E-state index is 11.0. The summed E-state index contributed by atoms with van der Waals surface area (Å²) in [5.41, 5.74) is 0.830. The highest BCUT2D eigenvalue weighted by Crippen LogP contribution is 2.39. The lowest BCUT2D eigenvalue weighted by molar-refractivity contribution is -0.137. The second-order valence-corrected chi connectivity index (χ2v) is 3.74. The van der Waals surface area contributed by atoms with Gasteiger partial charge in [0.05, 0.1) is 12.2 Å². The Balaban J connectivity index is 2.48. The van der Waals surface area contributed by atoms with Crippen LogP contribution in [0.15, 0.2) is 11.6 Å². The quantitative estimate of drug-likeness (QED) is 0.380. The summed E-state index contributed by atoms with van der Waals surface area (Å²) in [5.74, 6) is -0.286. The molecule has 0 amide bonds. The molecular formula is C10H16O3. The van der Waals surface area contributed by atoms with Crippen LogP contribution in [0.2, 0.25) is 0 Å². The number of esters is 1. The van der Waals surface area contributed by atoms with Crippen molar-refractivity contribution in [3.05, 3.63) is 11.6 Å². The van der Waals surface area contributed by atoms with Crippen molar-refractivity contribution in [1.82, 2.24) is 0 Å². The van der Waals surface area contributed by atoms with E-state index >= 15 is 0 Å². The molecule has 0 aliphatic carbocycles. The van der Waals surface area contributed by atoms with Gasteiger partial charge in [-0.1, -0.05) is 0 Å². The molecule has 1 unspecified atom stereocenters. The highest BCUT2D eigenvalue weighted by Gasteiger charge is 2.48. The molecule has 0 saturated carbocycles. The molecule has 0 spiro atoms. The fraction of sp³-hybridized carbons (Fsp3) is 0.700. The van der Waals surface area contributed by atoms with Crippen molar-refractivity contribution >= 4 is 5.97 Å². The van der Waals surface area contributed by atoms with E-state index in [-0.39, 0.29) is 17.7 Å². The van der Waals surface area contributed by atoms with E-state index in [0.29, 0.717) is 6.61 Å². The van der Waals surface area contributed by atoms with Crippen LogP contribution in [0.1, 0.15) is 27.7 Å². The first-order chi connectivity index (χ1) is 5.97. The molecule has 0 aromatic carbocycles. The highest BCUT2D eigenvalue weighted by atomic mass is 16.6. The van der Waals surface area contributed by atoms with E-state index in [2.05, 4.69) is 0 Å². The molecule has 3 heteroatoms. The fourth-order valence-electron chi connectivity index (χ4n) is 1.36. The van der Waals surface area contributed by atoms with Crippen LogP contribution in [-0.4, -0.2) is 24.3 Å². The molecule has 3 nitrogen and oxygen atoms in total. The molecule has 1 atom stereocenters. The van der Waals surface area contributed by atoms with Crippen molar-refractivity contribution in [2.75, 3.05) is 6.61 Å². The van der Waals surface area contributed by atoms with Crippen LogP contribution >= 0.6 is 0 Å². The average molecular weight is 184 g/mol. The van der Waals surface area contributed by atoms with Crippen molar-refractivity contribution in [2.24, 2.45) is 0 Å². The Labute approximate surface area is 78.7 Å². The van der Waals surface area contributed by atoms with Gasteiger partial charge in [0.2, 0.25) is 0 Å². The van der Waals surface area contributed by atoms with Crippen LogP contribution in [0.3, 0.4) is 0 Å². The third-order valence-electron chi connectivity index (χ3n) is 2.04. The molecule has 0 radical (unpaired) electrons. The van der Waals surface area contributed by atoms with Crippen molar-refractivity contribution in [3.8, 4) is 0 Å². The highest BCUT2D eigenvalue weighted by molar-refractivity contribution is 5.83. The SMILES string of the molecule is CCOC(=O)/C=C(/C)C1OC1(C)C. The third kappa shape index (κ3) is 2.56. The van der Waals surface area contributed by atoms with Gasteiger partial charge in [-0.2, -0.15) is 0 Å². The van der Waals surface area contributed by atoms with Gasteiger partial charge in [-0.05, 0) is 33.3 Å². The summed E-state index contributed by atoms with van der Waals surface area (Å²) >= 11 is 0. The van der Waals surface area contributed by atoms with Crippen LogP contribution in [0.25, 0.3) is 0 Å². The summed E-state index contributed by atoms with van der Waals surface area (Å²) in [7, 11) is 0. The molecule has 1 aliphatic rings. The Morgan fingerprint density at radius 3 is 2.54 bits per heavy atom. The molecular weight excluding hydrogens is 168 g/mol. The molecule has 0 aromatic rings. The first-order valence-corrected chi connectivity index (χ1v) is 4.50. The van der Waals surface area contributed by atoms with E-state index in [1.165, 1.54) is 6.08 Å². The standard InChI is InChI=1S/C10H16O3/c1-5-12-8(11)6-7(2)9-10(3,4)13-9/h6,9H,5H2,1-4H3/b7-6-. The molecule has 0 bridgehead atoms. The zero-order chi connectivity index (χ0) is 10.1. The molecule has 1 heterocycles. The molecule has 1 aliphatic heterocycles. The number of hydrogen-bond acceptors (Lipinski definition) is 3. The van der Waals surface area contributed by atoms with Crippen molar-refractivity contribution < 1.29 is 14.3 Å². The van der Waals surface area contributed by atoms with Crippen LogP contribution in [0, 0.1) is 0 Å². The normalized spacial score (nSPS) is 25.5. The Bertz CT molecular complexity index is 241. The molecule has 1 fully saturated rings. The predicted molar refractivity (Wildman–Crippen MR) is 49.3 cm³/mol. The molecule has 0 N–H and O–H groups in total. The largest absolute Gasteiger partial charge is 0.463 e. The van der Waals surface area contributed by atoms with Gasteiger partial charge in [-0.15, -0.1) is 0 Å². The van der Waals surface area contributed by atoms with Gasteiger partial charge < -0.3 is 9.47 Å². The van der Waals surface area contributed by atoms with Gasteiger partial charge in [0.25, 0.3) is 0 Å². The number of rotatable bonds is 3. The maximum Gasteiger partial charge on any atom is 0.330 e. The zero-order valence-corrected chi connectivity index (χ0v) is 8.59. The summed E-state index contributed by atoms with van der Waals surface area (Å²) in [4.78, 5) is 11.0. The van der Waals surface area contributed by atoms with Crippen LogP contribution in [0.5, 0.6) is 0 Å². The number of epoxide rings is 1. The number of hydrogen-bond donors (Lipinski definition) is 0. The van der Waals surface area contributed by atoms with E-state index in [4.69, 9.17) is 9.47 Å². The first-order valence-electron chi connectivity index (χ1n) is 4.50. The second kappa shape index (κ2) is 3.50. The Kier molecular flexibility index (Phi) is 2.76. The zero-order valence-electron chi connectivity index (χ0n) is 8.59. The molecule has 13 heavy (non-hydrogen) atoms. The first kappa shape index (κ1) is 10.3. The van der Waals surface area contributed by atoms with E-state index in [1.54, 1.807) is 6.92 Å². The minimum Gasteiger partial charge on any atom is -0.463 e. The molecule has 74 valence electrons. The number of carbonyl (C=O) groups is 1. The minimum atomic E-state index is -0.286. The summed E-state index contributed by atoms with van der Waals surface area (Å²) in [6.07, 6.45) is 1.58. The monoisotopic (exact) mass is 184 g/mol.